The van der Waals surface area contributed by atoms with Crippen LogP contribution >= 0.6 is 11.3 Å². The molecule has 4 nitrogen and oxygen atoms in total. The summed E-state index contributed by atoms with van der Waals surface area (Å²) in [6.45, 7) is 0. The summed E-state index contributed by atoms with van der Waals surface area (Å²) in [5, 5.41) is 12.3. The zero-order valence-electron chi connectivity index (χ0n) is 29.9. The summed E-state index contributed by atoms with van der Waals surface area (Å²) in [4.78, 5) is 15.2. The van der Waals surface area contributed by atoms with E-state index in [0.717, 1.165) is 38.6 Å². The lowest BCUT2D eigenvalue weighted by Gasteiger charge is -2.12. The molecule has 3 aromatic heterocycles. The average molecular weight is 732 g/mol. The monoisotopic (exact) mass is 731 g/mol. The Morgan fingerprint density at radius 2 is 0.875 bits per heavy atom. The summed E-state index contributed by atoms with van der Waals surface area (Å²) in [5.74, 6) is 1.82. The summed E-state index contributed by atoms with van der Waals surface area (Å²) in [7, 11) is 0. The van der Waals surface area contributed by atoms with Crippen LogP contribution in [0, 0.1) is 0 Å². The number of benzene rings is 9. The second-order valence-electron chi connectivity index (χ2n) is 14.3. The van der Waals surface area contributed by atoms with Gasteiger partial charge in [0.15, 0.2) is 17.5 Å². The van der Waals surface area contributed by atoms with Crippen LogP contribution in [-0.2, 0) is 0 Å². The Labute approximate surface area is 325 Å². The molecule has 0 atom stereocenters. The lowest BCUT2D eigenvalue weighted by atomic mass is 9.92. The minimum absolute atomic E-state index is 0.579. The molecule has 0 spiro atoms. The second kappa shape index (κ2) is 12.2. The largest absolute Gasteiger partial charge is 0.455 e. The highest BCUT2D eigenvalue weighted by molar-refractivity contribution is 7.25. The molecule has 0 bridgehead atoms. The summed E-state index contributed by atoms with van der Waals surface area (Å²) in [5.41, 5.74) is 6.73. The number of hydrogen-bond acceptors (Lipinski definition) is 5. The van der Waals surface area contributed by atoms with Gasteiger partial charge in [0, 0.05) is 42.1 Å². The van der Waals surface area contributed by atoms with Crippen LogP contribution in [0.4, 0.5) is 0 Å². The molecule has 0 fully saturated rings. The topological polar surface area (TPSA) is 51.8 Å². The smallest absolute Gasteiger partial charge is 0.167 e. The minimum atomic E-state index is 0.579. The lowest BCUT2D eigenvalue weighted by molar-refractivity contribution is 0.669. The van der Waals surface area contributed by atoms with E-state index in [2.05, 4.69) is 115 Å². The van der Waals surface area contributed by atoms with Crippen LogP contribution in [0.1, 0.15) is 0 Å². The number of aromatic nitrogens is 3. The molecule has 12 aromatic rings. The molecule has 0 amide bonds. The summed E-state index contributed by atoms with van der Waals surface area (Å²) in [6.07, 6.45) is 0. The molecule has 0 aliphatic carbocycles. The maximum absolute atomic E-state index is 6.42. The van der Waals surface area contributed by atoms with Crippen molar-refractivity contribution in [3.8, 4) is 45.3 Å². The fourth-order valence-electron chi connectivity index (χ4n) is 8.45. The van der Waals surface area contributed by atoms with Crippen molar-refractivity contribution >= 4 is 85.8 Å². The molecular formula is C51H29N3OS. The van der Waals surface area contributed by atoms with Gasteiger partial charge in [-0.1, -0.05) is 140 Å². The number of para-hydroxylation sites is 2. The Bertz CT molecular complexity index is 3510. The second-order valence-corrected chi connectivity index (χ2v) is 15.4. The standard InChI is InChI=1S/C51H29N3OS/c1-2-11-30(12-3-1)49-52-50(54-51(53-49)42-19-10-18-41-39-17-8-9-20-45(39)55-48(41)42)33-22-25-40-44-28-32(23-26-46(44)56-47(40)29-33)31-21-24-38-36-15-5-4-13-34(36)35-14-6-7-16-37(35)43(38)27-31/h1-29H. The van der Waals surface area contributed by atoms with Crippen molar-refractivity contribution in [2.24, 2.45) is 0 Å². The van der Waals surface area contributed by atoms with E-state index >= 15 is 0 Å². The van der Waals surface area contributed by atoms with Crippen molar-refractivity contribution in [2.45, 2.75) is 0 Å². The fourth-order valence-corrected chi connectivity index (χ4v) is 9.57. The third kappa shape index (κ3) is 4.81. The zero-order chi connectivity index (χ0) is 36.7. The first-order valence-electron chi connectivity index (χ1n) is 18.8. The number of hydrogen-bond donors (Lipinski definition) is 0. The van der Waals surface area contributed by atoms with Gasteiger partial charge in [-0.05, 0) is 79.8 Å². The van der Waals surface area contributed by atoms with Crippen molar-refractivity contribution < 1.29 is 4.42 Å². The molecule has 12 rings (SSSR count). The first-order valence-corrected chi connectivity index (χ1v) is 19.6. The summed E-state index contributed by atoms with van der Waals surface area (Å²) < 4.78 is 8.85. The summed E-state index contributed by atoms with van der Waals surface area (Å²) >= 11 is 1.80. The Hall–Kier alpha value is -7.21. The normalized spacial score (nSPS) is 11.9. The molecule has 0 radical (unpaired) electrons. The Morgan fingerprint density at radius 1 is 0.321 bits per heavy atom. The van der Waals surface area contributed by atoms with Crippen molar-refractivity contribution in [3.05, 3.63) is 176 Å². The van der Waals surface area contributed by atoms with Crippen LogP contribution in [0.2, 0.25) is 0 Å². The highest BCUT2D eigenvalue weighted by Gasteiger charge is 2.19. The van der Waals surface area contributed by atoms with Gasteiger partial charge in [0.1, 0.15) is 11.2 Å². The van der Waals surface area contributed by atoms with Gasteiger partial charge < -0.3 is 4.42 Å². The van der Waals surface area contributed by atoms with Crippen LogP contribution in [0.25, 0.3) is 120 Å². The molecule has 0 N–H and O–H groups in total. The van der Waals surface area contributed by atoms with Crippen molar-refractivity contribution in [3.63, 3.8) is 0 Å². The molecule has 5 heteroatoms. The average Bonchev–Trinajstić information content (AvgIpc) is 3.84. The molecular weight excluding hydrogens is 703 g/mol. The number of nitrogens with zero attached hydrogens (tertiary/aromatic N) is 3. The first-order chi connectivity index (χ1) is 27.7. The van der Waals surface area contributed by atoms with E-state index in [0.29, 0.717) is 17.5 Å². The molecule has 0 aliphatic heterocycles. The Morgan fingerprint density at radius 3 is 1.64 bits per heavy atom. The molecule has 0 saturated heterocycles. The summed E-state index contributed by atoms with van der Waals surface area (Å²) in [6, 6.07) is 62.3. The van der Waals surface area contributed by atoms with E-state index in [4.69, 9.17) is 19.4 Å². The number of rotatable bonds is 4. The molecule has 0 unspecified atom stereocenters. The van der Waals surface area contributed by atoms with Gasteiger partial charge in [0.05, 0.1) is 5.56 Å². The van der Waals surface area contributed by atoms with Gasteiger partial charge in [-0.2, -0.15) is 0 Å². The molecule has 0 aliphatic rings. The van der Waals surface area contributed by atoms with Gasteiger partial charge in [0.2, 0.25) is 0 Å². The van der Waals surface area contributed by atoms with Crippen LogP contribution in [-0.4, -0.2) is 15.0 Å². The van der Waals surface area contributed by atoms with E-state index < -0.39 is 0 Å². The van der Waals surface area contributed by atoms with Crippen LogP contribution in [0.3, 0.4) is 0 Å². The van der Waals surface area contributed by atoms with Crippen molar-refractivity contribution in [1.29, 1.82) is 0 Å². The highest BCUT2D eigenvalue weighted by Crippen LogP contribution is 2.41. The van der Waals surface area contributed by atoms with E-state index in [9.17, 15) is 0 Å². The van der Waals surface area contributed by atoms with Gasteiger partial charge in [-0.3, -0.25) is 0 Å². The first kappa shape index (κ1) is 31.2. The predicted molar refractivity (Wildman–Crippen MR) is 234 cm³/mol. The van der Waals surface area contributed by atoms with Crippen molar-refractivity contribution in [2.75, 3.05) is 0 Å². The molecule has 3 heterocycles. The molecule has 9 aromatic carbocycles. The van der Waals surface area contributed by atoms with E-state index in [1.165, 1.54) is 63.6 Å². The maximum Gasteiger partial charge on any atom is 0.167 e. The van der Waals surface area contributed by atoms with Gasteiger partial charge in [-0.15, -0.1) is 11.3 Å². The number of fused-ring (bicyclic) bond motifs is 12. The minimum Gasteiger partial charge on any atom is -0.455 e. The quantitative estimate of drug-likeness (QED) is 0.169. The highest BCUT2D eigenvalue weighted by atomic mass is 32.1. The van der Waals surface area contributed by atoms with Gasteiger partial charge in [-0.25, -0.2) is 15.0 Å². The number of furan rings is 1. The van der Waals surface area contributed by atoms with Gasteiger partial charge >= 0.3 is 0 Å². The third-order valence-electron chi connectivity index (χ3n) is 11.1. The Kier molecular flexibility index (Phi) is 6.76. The number of thiophene rings is 1. The molecule has 56 heavy (non-hydrogen) atoms. The van der Waals surface area contributed by atoms with E-state index in [1.807, 2.05) is 60.7 Å². The SMILES string of the molecule is c1ccc(-c2nc(-c3ccc4c(c3)sc3ccc(-c5ccc6c7ccccc7c7ccccc7c6c5)cc34)nc(-c3cccc4c3oc3ccccc34)n2)cc1. The van der Waals surface area contributed by atoms with Gasteiger partial charge in [0.25, 0.3) is 0 Å². The molecule has 260 valence electrons. The third-order valence-corrected chi connectivity index (χ3v) is 12.3. The van der Waals surface area contributed by atoms with Crippen LogP contribution in [0.5, 0.6) is 0 Å². The van der Waals surface area contributed by atoms with Crippen molar-refractivity contribution in [1.82, 2.24) is 15.0 Å². The maximum atomic E-state index is 6.42. The lowest BCUT2D eigenvalue weighted by Crippen LogP contribution is -2.00. The van der Waals surface area contributed by atoms with E-state index in [-0.39, 0.29) is 0 Å². The Balaban J connectivity index is 0.991. The fraction of sp³-hybridized carbons (Fsp3) is 0. The zero-order valence-corrected chi connectivity index (χ0v) is 30.7. The van der Waals surface area contributed by atoms with Crippen LogP contribution in [0.15, 0.2) is 180 Å². The predicted octanol–water partition coefficient (Wildman–Crippen LogP) is 14.3. The van der Waals surface area contributed by atoms with Crippen LogP contribution < -0.4 is 0 Å². The van der Waals surface area contributed by atoms with E-state index in [1.54, 1.807) is 11.3 Å². The molecule has 0 saturated carbocycles.